The largest absolute Gasteiger partial charge is 0.481 e. The lowest BCUT2D eigenvalue weighted by molar-refractivity contribution is -0.141. The number of Topliss-reactive ketones (excluding diaryl/α,β-unsaturated/α-hetero) is 1. The topological polar surface area (TPSA) is 218 Å². The molecule has 0 fully saturated rings. The highest BCUT2D eigenvalue weighted by Gasteiger charge is 2.37. The molecule has 0 atom stereocenters. The molecule has 0 saturated heterocycles. The highest BCUT2D eigenvalue weighted by atomic mass is 28.4. The number of hydrogen-bond donors (Lipinski definition) is 4. The number of carboxylic acids is 2. The number of carboxylic acid groups (broad SMARTS) is 2. The first-order chi connectivity index (χ1) is 18.0. The predicted molar refractivity (Wildman–Crippen MR) is 174 cm³/mol. The number of esters is 1. The van der Waals surface area contributed by atoms with E-state index in [0.29, 0.717) is 38.1 Å². The van der Waals surface area contributed by atoms with Gasteiger partial charge in [-0.3, -0.25) is 14.4 Å². The van der Waals surface area contributed by atoms with E-state index in [-0.39, 0.29) is 50.0 Å². The maximum absolute atomic E-state index is 11.8. The number of hydrogen-bond acceptors (Lipinski definition) is 10. The van der Waals surface area contributed by atoms with Crippen molar-refractivity contribution in [2.24, 2.45) is 0 Å². The van der Waals surface area contributed by atoms with Gasteiger partial charge in [0.05, 0.1) is 24.7 Å². The van der Waals surface area contributed by atoms with Crippen LogP contribution in [-0.2, 0) is 36.9 Å². The van der Waals surface area contributed by atoms with Crippen molar-refractivity contribution >= 4 is 57.0 Å². The fourth-order valence-electron chi connectivity index (χ4n) is 3.83. The Balaban J connectivity index is -0.000000184. The first kappa shape index (κ1) is 50.3. The molecular formula is C25H60O13Si4. The van der Waals surface area contributed by atoms with Crippen LogP contribution in [0.3, 0.4) is 0 Å². The lowest BCUT2D eigenvalue weighted by Crippen LogP contribution is -2.46. The van der Waals surface area contributed by atoms with Crippen molar-refractivity contribution in [2.75, 3.05) is 33.5 Å². The molecule has 0 unspecified atom stereocenters. The highest BCUT2D eigenvalue weighted by Crippen LogP contribution is 2.23. The zero-order valence-electron chi connectivity index (χ0n) is 26.6. The first-order valence-electron chi connectivity index (χ1n) is 13.2. The molecule has 254 valence electrons. The number of carbonyl (C=O) groups is 4. The Morgan fingerprint density at radius 1 is 0.619 bits per heavy atom. The van der Waals surface area contributed by atoms with Crippen molar-refractivity contribution < 1.29 is 62.8 Å². The van der Waals surface area contributed by atoms with E-state index < -0.39 is 45.2 Å². The highest BCUT2D eigenvalue weighted by molar-refractivity contribution is 6.87. The molecule has 42 heavy (non-hydrogen) atoms. The molecule has 0 bridgehead atoms. The summed E-state index contributed by atoms with van der Waals surface area (Å²) >= 11 is 0. The summed E-state index contributed by atoms with van der Waals surface area (Å²) in [5.74, 6) is -1.84. The third-order valence-electron chi connectivity index (χ3n) is 4.58. The third kappa shape index (κ3) is 36.7. The van der Waals surface area contributed by atoms with Gasteiger partial charge in [0.25, 0.3) is 0 Å². The van der Waals surface area contributed by atoms with E-state index in [2.05, 4.69) is 0 Å². The number of aliphatic carboxylic acids is 2. The fourth-order valence-corrected chi connectivity index (χ4v) is 20.4. The molecule has 0 radical (unpaired) electrons. The maximum Gasteiger partial charge on any atom is 0.305 e. The quantitative estimate of drug-likeness (QED) is 0.0931. The number of aliphatic hydroxyl groups is 2. The van der Waals surface area contributed by atoms with E-state index in [4.69, 9.17) is 38.1 Å². The van der Waals surface area contributed by atoms with E-state index in [1.165, 1.54) is 0 Å². The molecule has 13 nitrogen and oxygen atoms in total. The van der Waals surface area contributed by atoms with Gasteiger partial charge >= 0.3 is 17.9 Å². The Hall–Kier alpha value is -1.29. The zero-order chi connectivity index (χ0) is 32.2. The van der Waals surface area contributed by atoms with Gasteiger partial charge in [-0.2, -0.15) is 0 Å². The minimum Gasteiger partial charge on any atom is -0.481 e. The van der Waals surface area contributed by atoms with Crippen LogP contribution in [0.1, 0.15) is 27.2 Å². The van der Waals surface area contributed by atoms with Crippen molar-refractivity contribution in [1.29, 1.82) is 0 Å². The first-order valence-corrected chi connectivity index (χ1v) is 25.7. The Morgan fingerprint density at radius 3 is 1.26 bits per heavy atom. The zero-order valence-corrected chi connectivity index (χ0v) is 30.6. The number of aliphatic hydroxyl groups excluding tert-OH is 2. The van der Waals surface area contributed by atoms with E-state index in [9.17, 15) is 19.2 Å². The molecular weight excluding hydrogens is 621 g/mol. The summed E-state index contributed by atoms with van der Waals surface area (Å²) < 4.78 is 22.0. The van der Waals surface area contributed by atoms with Gasteiger partial charge in [0, 0.05) is 39.4 Å². The van der Waals surface area contributed by atoms with Crippen LogP contribution in [0, 0.1) is 0 Å². The van der Waals surface area contributed by atoms with Gasteiger partial charge in [0.2, 0.25) is 0 Å². The Bertz CT molecular complexity index is 733. The molecule has 0 heterocycles. The smallest absolute Gasteiger partial charge is 0.305 e. The molecule has 0 aliphatic rings. The Kier molecular flexibility index (Phi) is 30.1. The van der Waals surface area contributed by atoms with Gasteiger partial charge in [-0.05, 0) is 65.7 Å². The van der Waals surface area contributed by atoms with Crippen LogP contribution in [-0.4, -0.2) is 116 Å². The Morgan fingerprint density at radius 2 is 0.976 bits per heavy atom. The van der Waals surface area contributed by atoms with Gasteiger partial charge in [-0.25, -0.2) is 0 Å². The SMILES string of the molecule is C.COCCCOC(=O)C[Si](C)(C)O[Si](C)(C)CC(C)=O.C[Si](C)(CC(=O)O)O[Si](C)(C)CC(=O)O.O.OCCCO. The maximum atomic E-state index is 11.8. The molecule has 17 heteroatoms. The number of ketones is 1. The fraction of sp³-hybridized carbons (Fsp3) is 0.840. The standard InChI is InChI=1S/C13H28O5Si2.C8H18O5Si2.C3H8O2.CH4.H2O/c1-12(14)10-19(3,4)18-20(5,6)11-13(15)17-9-7-8-16-2;1-14(2,5-7(9)10)13-15(3,4)6-8(11)12;4-2-1-3-5;;/h7-11H2,1-6H3;5-6H2,1-4H3,(H,9,10)(H,11,12);4-5H,1-3H2;1H4;1H2. The summed E-state index contributed by atoms with van der Waals surface area (Å²) in [5.41, 5.74) is 0. The van der Waals surface area contributed by atoms with Crippen LogP contribution < -0.4 is 0 Å². The summed E-state index contributed by atoms with van der Waals surface area (Å²) in [4.78, 5) is 44.2. The monoisotopic (exact) mass is 680 g/mol. The second-order valence-corrected chi connectivity index (χ2v) is 28.9. The molecule has 0 aliphatic carbocycles. The number of methoxy groups -OCH3 is 1. The van der Waals surface area contributed by atoms with Crippen molar-refractivity contribution in [3.05, 3.63) is 0 Å². The van der Waals surface area contributed by atoms with E-state index in [1.54, 1.807) is 40.2 Å². The van der Waals surface area contributed by atoms with Gasteiger partial charge < -0.3 is 48.4 Å². The second-order valence-electron chi connectivity index (χ2n) is 11.8. The van der Waals surface area contributed by atoms with Gasteiger partial charge in [-0.15, -0.1) is 0 Å². The van der Waals surface area contributed by atoms with Crippen LogP contribution in [0.4, 0.5) is 0 Å². The van der Waals surface area contributed by atoms with Crippen LogP contribution >= 0.6 is 0 Å². The second kappa shape index (κ2) is 25.1. The summed E-state index contributed by atoms with van der Waals surface area (Å²) in [7, 11) is -7.08. The van der Waals surface area contributed by atoms with Gasteiger partial charge in [-0.1, -0.05) is 7.43 Å². The molecule has 6 N–H and O–H groups in total. The lowest BCUT2D eigenvalue weighted by atomic mass is 10.5. The molecule has 0 amide bonds. The van der Waals surface area contributed by atoms with Crippen LogP contribution in [0.15, 0.2) is 0 Å². The Labute approximate surface area is 256 Å². The molecule has 0 aliphatic heterocycles. The minimum atomic E-state index is -2.27. The van der Waals surface area contributed by atoms with Gasteiger partial charge in [0.1, 0.15) is 5.78 Å². The molecule has 0 rings (SSSR count). The molecule has 0 aromatic heterocycles. The van der Waals surface area contributed by atoms with Gasteiger partial charge in [0.15, 0.2) is 33.3 Å². The average Bonchev–Trinajstić information content (AvgIpc) is 2.67. The molecule has 0 saturated carbocycles. The van der Waals surface area contributed by atoms with Crippen molar-refractivity contribution in [1.82, 2.24) is 0 Å². The van der Waals surface area contributed by atoms with Crippen molar-refractivity contribution in [3.8, 4) is 0 Å². The molecule has 0 spiro atoms. The number of rotatable bonds is 18. The molecule has 0 aromatic carbocycles. The predicted octanol–water partition coefficient (Wildman–Crippen LogP) is 3.34. The van der Waals surface area contributed by atoms with E-state index >= 15 is 0 Å². The summed E-state index contributed by atoms with van der Waals surface area (Å²) in [6.07, 6.45) is 1.20. The van der Waals surface area contributed by atoms with Crippen LogP contribution in [0.5, 0.6) is 0 Å². The minimum absolute atomic E-state index is 0. The van der Waals surface area contributed by atoms with E-state index in [0.717, 1.165) is 0 Å². The number of carbonyl (C=O) groups excluding carboxylic acids is 2. The van der Waals surface area contributed by atoms with Crippen molar-refractivity contribution in [2.45, 2.75) is 104 Å². The summed E-state index contributed by atoms with van der Waals surface area (Å²) in [5, 5.41) is 33.2. The lowest BCUT2D eigenvalue weighted by Gasteiger charge is -2.32. The van der Waals surface area contributed by atoms with Crippen LogP contribution in [0.2, 0.25) is 76.6 Å². The number of ether oxygens (including phenoxy) is 2. The normalized spacial score (nSPS) is 11.3. The summed E-state index contributed by atoms with van der Waals surface area (Å²) in [6.45, 7) is 18.0. The molecule has 0 aromatic rings. The van der Waals surface area contributed by atoms with Crippen molar-refractivity contribution in [3.63, 3.8) is 0 Å². The third-order valence-corrected chi connectivity index (χ3v) is 18.2. The van der Waals surface area contributed by atoms with E-state index in [1.807, 2.05) is 26.2 Å². The van der Waals surface area contributed by atoms with Crippen LogP contribution in [0.25, 0.3) is 0 Å². The average molecular weight is 681 g/mol. The summed E-state index contributed by atoms with van der Waals surface area (Å²) in [6, 6.07) is 0.854.